The van der Waals surface area contributed by atoms with Gasteiger partial charge >= 0.3 is 11.9 Å². The zero-order valence-corrected chi connectivity index (χ0v) is 22.1. The minimum absolute atomic E-state index is 0.00368. The molecule has 0 aliphatic heterocycles. The molecule has 4 aromatic rings. The van der Waals surface area contributed by atoms with Gasteiger partial charge in [-0.15, -0.1) is 11.3 Å². The lowest BCUT2D eigenvalue weighted by Gasteiger charge is -2.30. The lowest BCUT2D eigenvalue weighted by Crippen LogP contribution is -2.48. The highest BCUT2D eigenvalue weighted by molar-refractivity contribution is 7.89. The van der Waals surface area contributed by atoms with Crippen molar-refractivity contribution in [2.75, 3.05) is 0 Å². The Labute approximate surface area is 224 Å². The third kappa shape index (κ3) is 4.64. The van der Waals surface area contributed by atoms with Crippen LogP contribution >= 0.6 is 11.3 Å². The van der Waals surface area contributed by atoms with E-state index in [-0.39, 0.29) is 23.4 Å². The molecule has 5 rings (SSSR count). The number of aromatic carboxylic acids is 1. The molecular weight excluding hydrogens is 522 g/mol. The number of carboxylic acid groups (broad SMARTS) is 2. The number of hydrogen-bond donors (Lipinski definition) is 2. The van der Waals surface area contributed by atoms with Gasteiger partial charge in [-0.1, -0.05) is 54.6 Å². The Morgan fingerprint density at radius 1 is 0.974 bits per heavy atom. The zero-order chi connectivity index (χ0) is 27.1. The van der Waals surface area contributed by atoms with E-state index < -0.39 is 33.4 Å². The first-order chi connectivity index (χ1) is 18.1. The number of sulfonamides is 1. The van der Waals surface area contributed by atoms with Crippen LogP contribution in [0.2, 0.25) is 0 Å². The molecule has 1 fully saturated rings. The molecule has 1 heterocycles. The van der Waals surface area contributed by atoms with Gasteiger partial charge in [-0.2, -0.15) is 4.31 Å². The summed E-state index contributed by atoms with van der Waals surface area (Å²) in [7, 11) is -4.26. The van der Waals surface area contributed by atoms with Crippen LogP contribution in [0.3, 0.4) is 0 Å². The molecule has 194 valence electrons. The van der Waals surface area contributed by atoms with E-state index >= 15 is 0 Å². The van der Waals surface area contributed by atoms with E-state index in [9.17, 15) is 28.2 Å². The number of aliphatic carboxylic acids is 1. The summed E-state index contributed by atoms with van der Waals surface area (Å²) in [4.78, 5) is 25.1. The van der Waals surface area contributed by atoms with Crippen LogP contribution < -0.4 is 0 Å². The Kier molecular flexibility index (Phi) is 6.68. The van der Waals surface area contributed by atoms with Crippen LogP contribution in [0.15, 0.2) is 95.2 Å². The third-order valence-electron chi connectivity index (χ3n) is 6.93. The van der Waals surface area contributed by atoms with Gasteiger partial charge in [0.1, 0.15) is 5.54 Å². The van der Waals surface area contributed by atoms with Crippen LogP contribution in [0.5, 0.6) is 0 Å². The number of thiophene rings is 1. The molecule has 1 aliphatic carbocycles. The monoisotopic (exact) mass is 547 g/mol. The van der Waals surface area contributed by atoms with Gasteiger partial charge in [0.15, 0.2) is 0 Å². The molecule has 0 amide bonds. The predicted molar refractivity (Wildman–Crippen MR) is 145 cm³/mol. The molecule has 0 spiro atoms. The number of nitrogens with zero attached hydrogens (tertiary/aromatic N) is 1. The first kappa shape index (κ1) is 25.8. The summed E-state index contributed by atoms with van der Waals surface area (Å²) in [6.07, 6.45) is 0.130. The number of rotatable bonds is 9. The van der Waals surface area contributed by atoms with Gasteiger partial charge in [0.25, 0.3) is 0 Å². The van der Waals surface area contributed by atoms with Gasteiger partial charge in [0.05, 0.1) is 10.5 Å². The van der Waals surface area contributed by atoms with Gasteiger partial charge in [0, 0.05) is 17.3 Å². The van der Waals surface area contributed by atoms with Crippen LogP contribution in [0.4, 0.5) is 0 Å². The second-order valence-corrected chi connectivity index (χ2v) is 12.2. The number of carbonyl (C=O) groups is 2. The Balaban J connectivity index is 1.56. The number of benzene rings is 3. The fourth-order valence-electron chi connectivity index (χ4n) is 4.81. The molecule has 1 aliphatic rings. The van der Waals surface area contributed by atoms with Crippen molar-refractivity contribution in [1.82, 2.24) is 4.31 Å². The predicted octanol–water partition coefficient (Wildman–Crippen LogP) is 5.62. The first-order valence-electron chi connectivity index (χ1n) is 11.9. The molecule has 1 aromatic heterocycles. The molecule has 3 aromatic carbocycles. The van der Waals surface area contributed by atoms with E-state index in [1.54, 1.807) is 47.7 Å². The van der Waals surface area contributed by atoms with Gasteiger partial charge in [0.2, 0.25) is 10.0 Å². The van der Waals surface area contributed by atoms with E-state index in [1.807, 2.05) is 24.4 Å². The highest BCUT2D eigenvalue weighted by Crippen LogP contribution is 2.57. The molecule has 7 nitrogen and oxygen atoms in total. The van der Waals surface area contributed by atoms with Crippen molar-refractivity contribution in [3.05, 3.63) is 113 Å². The molecule has 9 heteroatoms. The number of carboxylic acids is 2. The van der Waals surface area contributed by atoms with Crippen LogP contribution in [0, 0.1) is 6.92 Å². The molecule has 2 atom stereocenters. The topological polar surface area (TPSA) is 112 Å². The minimum atomic E-state index is -4.26. The van der Waals surface area contributed by atoms with Crippen molar-refractivity contribution in [2.24, 2.45) is 0 Å². The van der Waals surface area contributed by atoms with Gasteiger partial charge in [-0.05, 0) is 71.3 Å². The molecule has 2 N–H and O–H groups in total. The summed E-state index contributed by atoms with van der Waals surface area (Å²) in [5, 5.41) is 21.7. The van der Waals surface area contributed by atoms with E-state index in [1.165, 1.54) is 36.4 Å². The van der Waals surface area contributed by atoms with E-state index in [2.05, 4.69) is 0 Å². The van der Waals surface area contributed by atoms with E-state index in [0.29, 0.717) is 5.56 Å². The van der Waals surface area contributed by atoms with Crippen LogP contribution in [-0.4, -0.2) is 40.4 Å². The molecule has 2 unspecified atom stereocenters. The molecule has 0 saturated heterocycles. The highest BCUT2D eigenvalue weighted by Gasteiger charge is 2.67. The Morgan fingerprint density at radius 2 is 1.63 bits per heavy atom. The van der Waals surface area contributed by atoms with Crippen LogP contribution in [0.25, 0.3) is 10.4 Å². The molecular formula is C29H25NO6S2. The largest absolute Gasteiger partial charge is 0.480 e. The average Bonchev–Trinajstić information content (AvgIpc) is 3.53. The standard InChI is InChI=1S/C29H25NO6S2/c1-19-15-26(37-18-19)22-11-13-24(14-12-22)38(35,36)30(17-20-7-9-23(10-8-20)27(31)32)29(28(33)34)16-25(29)21-5-3-2-4-6-21/h2-15,18,25H,16-17H2,1H3,(H,31,32)(H,33,34). The van der Waals surface area contributed by atoms with Crippen molar-refractivity contribution < 1.29 is 28.2 Å². The van der Waals surface area contributed by atoms with Crippen molar-refractivity contribution in [3.8, 4) is 10.4 Å². The maximum absolute atomic E-state index is 14.1. The van der Waals surface area contributed by atoms with E-state index in [0.717, 1.165) is 25.9 Å². The molecule has 0 radical (unpaired) electrons. The van der Waals surface area contributed by atoms with E-state index in [4.69, 9.17) is 0 Å². The fraction of sp³-hybridized carbons (Fsp3) is 0.172. The molecule has 0 bridgehead atoms. The Bertz CT molecular complexity index is 1600. The van der Waals surface area contributed by atoms with Gasteiger partial charge in [-0.3, -0.25) is 4.79 Å². The summed E-state index contributed by atoms with van der Waals surface area (Å²) in [5.41, 5.74) is 1.62. The minimum Gasteiger partial charge on any atom is -0.480 e. The fourth-order valence-corrected chi connectivity index (χ4v) is 7.48. The van der Waals surface area contributed by atoms with Crippen molar-refractivity contribution in [3.63, 3.8) is 0 Å². The van der Waals surface area contributed by atoms with Gasteiger partial charge < -0.3 is 10.2 Å². The normalized spacial score (nSPS) is 18.8. The third-order valence-corrected chi connectivity index (χ3v) is 9.93. The van der Waals surface area contributed by atoms with Crippen LogP contribution in [-0.2, 0) is 21.4 Å². The molecule has 1 saturated carbocycles. The quantitative estimate of drug-likeness (QED) is 0.281. The summed E-state index contributed by atoms with van der Waals surface area (Å²) < 4.78 is 29.3. The maximum atomic E-state index is 14.1. The lowest BCUT2D eigenvalue weighted by molar-refractivity contribution is -0.143. The summed E-state index contributed by atoms with van der Waals surface area (Å²) >= 11 is 1.56. The second-order valence-electron chi connectivity index (χ2n) is 9.42. The van der Waals surface area contributed by atoms with Crippen molar-refractivity contribution in [1.29, 1.82) is 0 Å². The Morgan fingerprint density at radius 3 is 2.18 bits per heavy atom. The Hall–Kier alpha value is -3.79. The second kappa shape index (κ2) is 9.83. The SMILES string of the molecule is Cc1csc(-c2ccc(S(=O)(=O)N(Cc3ccc(C(=O)O)cc3)C3(C(=O)O)CC3c3ccccc3)cc2)c1. The summed E-state index contributed by atoms with van der Waals surface area (Å²) in [6, 6.07) is 23.3. The summed E-state index contributed by atoms with van der Waals surface area (Å²) in [5.74, 6) is -2.85. The van der Waals surface area contributed by atoms with Crippen LogP contribution in [0.1, 0.15) is 39.4 Å². The van der Waals surface area contributed by atoms with Crippen molar-refractivity contribution in [2.45, 2.75) is 36.2 Å². The highest BCUT2D eigenvalue weighted by atomic mass is 32.2. The molecule has 38 heavy (non-hydrogen) atoms. The number of aryl methyl sites for hydroxylation is 1. The van der Waals surface area contributed by atoms with Gasteiger partial charge in [-0.25, -0.2) is 13.2 Å². The smallest absolute Gasteiger partial charge is 0.335 e. The first-order valence-corrected chi connectivity index (χ1v) is 14.2. The number of hydrogen-bond acceptors (Lipinski definition) is 5. The lowest BCUT2D eigenvalue weighted by atomic mass is 10.1. The zero-order valence-electron chi connectivity index (χ0n) is 20.4. The summed E-state index contributed by atoms with van der Waals surface area (Å²) in [6.45, 7) is 1.77. The average molecular weight is 548 g/mol. The van der Waals surface area contributed by atoms with Crippen molar-refractivity contribution >= 4 is 33.3 Å². The maximum Gasteiger partial charge on any atom is 0.335 e.